The van der Waals surface area contributed by atoms with Crippen LogP contribution in [0.5, 0.6) is 11.6 Å². The molecule has 3 rings (SSSR count). The monoisotopic (exact) mass is 299 g/mol. The smallest absolute Gasteiger partial charge is 0.219 e. The lowest BCUT2D eigenvalue weighted by atomic mass is 10.1. The van der Waals surface area contributed by atoms with E-state index in [0.29, 0.717) is 16.7 Å². The minimum Gasteiger partial charge on any atom is -0.438 e. The molecule has 0 atom stereocenters. The van der Waals surface area contributed by atoms with Crippen molar-refractivity contribution in [2.24, 2.45) is 0 Å². The zero-order valence-electron chi connectivity index (χ0n) is 11.5. The van der Waals surface area contributed by atoms with Crippen molar-refractivity contribution in [2.75, 3.05) is 0 Å². The fraction of sp³-hybridized carbons (Fsp3) is 0.118. The van der Waals surface area contributed by atoms with E-state index in [4.69, 9.17) is 16.3 Å². The van der Waals surface area contributed by atoms with Gasteiger partial charge in [0.1, 0.15) is 5.75 Å². The molecule has 0 bridgehead atoms. The predicted molar refractivity (Wildman–Crippen MR) is 83.9 cm³/mol. The molecular formula is C17H14ClNO2. The summed E-state index contributed by atoms with van der Waals surface area (Å²) in [6, 6.07) is 15.0. The summed E-state index contributed by atoms with van der Waals surface area (Å²) in [5.41, 5.74) is 1.57. The van der Waals surface area contributed by atoms with Gasteiger partial charge < -0.3 is 9.84 Å². The van der Waals surface area contributed by atoms with Crippen LogP contribution in [0.1, 0.15) is 11.3 Å². The van der Waals surface area contributed by atoms with Crippen molar-refractivity contribution in [3.8, 4) is 11.6 Å². The summed E-state index contributed by atoms with van der Waals surface area (Å²) in [5.74, 6) is 1.16. The van der Waals surface area contributed by atoms with Gasteiger partial charge >= 0.3 is 0 Å². The number of nitrogens with zero attached hydrogens (tertiary/aromatic N) is 1. The molecule has 1 N–H and O–H groups in total. The van der Waals surface area contributed by atoms with Crippen molar-refractivity contribution in [2.45, 2.75) is 13.5 Å². The first kappa shape index (κ1) is 13.9. The number of aliphatic hydroxyl groups is 1. The molecule has 3 aromatic rings. The lowest BCUT2D eigenvalue weighted by Crippen LogP contribution is -1.94. The summed E-state index contributed by atoms with van der Waals surface area (Å²) in [4.78, 5) is 4.34. The molecule has 0 aliphatic carbocycles. The van der Waals surface area contributed by atoms with E-state index < -0.39 is 0 Å². The van der Waals surface area contributed by atoms with Crippen LogP contribution in [0.3, 0.4) is 0 Å². The number of aromatic nitrogens is 1. The Bertz CT molecular complexity index is 802. The van der Waals surface area contributed by atoms with Crippen LogP contribution in [-0.2, 0) is 6.61 Å². The molecule has 3 nitrogen and oxygen atoms in total. The zero-order valence-corrected chi connectivity index (χ0v) is 12.3. The number of aryl methyl sites for hydroxylation is 1. The zero-order chi connectivity index (χ0) is 14.8. The van der Waals surface area contributed by atoms with Crippen molar-refractivity contribution in [3.05, 3.63) is 64.8 Å². The number of hydrogen-bond acceptors (Lipinski definition) is 3. The van der Waals surface area contributed by atoms with Crippen molar-refractivity contribution in [3.63, 3.8) is 0 Å². The number of halogens is 1. The van der Waals surface area contributed by atoms with Gasteiger partial charge in [0, 0.05) is 27.6 Å². The molecule has 2 aromatic carbocycles. The number of fused-ring (bicyclic) bond motifs is 1. The van der Waals surface area contributed by atoms with E-state index in [2.05, 4.69) is 4.98 Å². The second-order valence-electron chi connectivity index (χ2n) is 4.81. The highest BCUT2D eigenvalue weighted by atomic mass is 35.5. The molecule has 0 saturated carbocycles. The quantitative estimate of drug-likeness (QED) is 0.775. The molecule has 0 amide bonds. The molecule has 1 aromatic heterocycles. The van der Waals surface area contributed by atoms with E-state index in [9.17, 15) is 5.11 Å². The number of rotatable bonds is 3. The van der Waals surface area contributed by atoms with E-state index >= 15 is 0 Å². The Hall–Kier alpha value is -2.10. The summed E-state index contributed by atoms with van der Waals surface area (Å²) in [6.07, 6.45) is 0. The van der Waals surface area contributed by atoms with Gasteiger partial charge in [0.25, 0.3) is 0 Å². The van der Waals surface area contributed by atoms with Crippen molar-refractivity contribution in [1.82, 2.24) is 4.98 Å². The Labute approximate surface area is 127 Å². The summed E-state index contributed by atoms with van der Waals surface area (Å²) in [5, 5.41) is 11.8. The molecule has 4 heteroatoms. The lowest BCUT2D eigenvalue weighted by Gasteiger charge is -2.10. The Morgan fingerprint density at radius 2 is 1.86 bits per heavy atom. The summed E-state index contributed by atoms with van der Waals surface area (Å²) in [7, 11) is 0. The maximum atomic E-state index is 9.26. The van der Waals surface area contributed by atoms with Crippen LogP contribution in [0.4, 0.5) is 0 Å². The highest BCUT2D eigenvalue weighted by molar-refractivity contribution is 6.35. The van der Waals surface area contributed by atoms with Crippen molar-refractivity contribution >= 4 is 22.4 Å². The van der Waals surface area contributed by atoms with Crippen LogP contribution in [0.25, 0.3) is 10.8 Å². The van der Waals surface area contributed by atoms with Crippen molar-refractivity contribution < 1.29 is 9.84 Å². The molecule has 0 spiro atoms. The molecule has 106 valence electrons. The minimum atomic E-state index is -0.0406. The van der Waals surface area contributed by atoms with E-state index in [-0.39, 0.29) is 6.61 Å². The SMILES string of the molecule is Cc1cc(CO)cc(Oc2ccc(Cl)c3ccccc23)n1. The molecule has 0 unspecified atom stereocenters. The second-order valence-corrected chi connectivity index (χ2v) is 5.21. The summed E-state index contributed by atoms with van der Waals surface area (Å²) in [6.45, 7) is 1.83. The first-order valence-electron chi connectivity index (χ1n) is 6.61. The first-order chi connectivity index (χ1) is 10.2. The van der Waals surface area contributed by atoms with Gasteiger partial charge in [0.05, 0.1) is 6.61 Å². The first-order valence-corrected chi connectivity index (χ1v) is 6.98. The average Bonchev–Trinajstić information content (AvgIpc) is 2.50. The number of aliphatic hydroxyl groups excluding tert-OH is 1. The van der Waals surface area contributed by atoms with E-state index in [0.717, 1.165) is 22.0 Å². The molecule has 21 heavy (non-hydrogen) atoms. The van der Waals surface area contributed by atoms with Gasteiger partial charge in [-0.25, -0.2) is 4.98 Å². The van der Waals surface area contributed by atoms with Crippen LogP contribution in [0, 0.1) is 6.92 Å². The Morgan fingerprint density at radius 1 is 1.10 bits per heavy atom. The summed E-state index contributed by atoms with van der Waals surface area (Å²) < 4.78 is 5.89. The van der Waals surface area contributed by atoms with Gasteiger partial charge in [-0.05, 0) is 30.7 Å². The van der Waals surface area contributed by atoms with Crippen LogP contribution in [0.15, 0.2) is 48.5 Å². The molecule has 0 fully saturated rings. The van der Waals surface area contributed by atoms with E-state index in [1.54, 1.807) is 6.07 Å². The van der Waals surface area contributed by atoms with Crippen LogP contribution < -0.4 is 4.74 Å². The van der Waals surface area contributed by atoms with Gasteiger partial charge in [-0.3, -0.25) is 0 Å². The third-order valence-electron chi connectivity index (χ3n) is 3.22. The van der Waals surface area contributed by atoms with Gasteiger partial charge in [-0.15, -0.1) is 0 Å². The highest BCUT2D eigenvalue weighted by Crippen LogP contribution is 2.33. The number of hydrogen-bond donors (Lipinski definition) is 1. The molecule has 0 saturated heterocycles. The van der Waals surface area contributed by atoms with Crippen molar-refractivity contribution in [1.29, 1.82) is 0 Å². The van der Waals surface area contributed by atoms with Gasteiger partial charge in [0.15, 0.2) is 0 Å². The second kappa shape index (κ2) is 5.72. The van der Waals surface area contributed by atoms with Crippen LogP contribution >= 0.6 is 11.6 Å². The Kier molecular flexibility index (Phi) is 3.78. The standard InChI is InChI=1S/C17H14ClNO2/c1-11-8-12(10-20)9-17(19-11)21-16-7-6-15(18)13-4-2-3-5-14(13)16/h2-9,20H,10H2,1H3. The average molecular weight is 300 g/mol. The van der Waals surface area contributed by atoms with Crippen LogP contribution in [-0.4, -0.2) is 10.1 Å². The number of ether oxygens (including phenoxy) is 1. The Balaban J connectivity index is 2.06. The third-order valence-corrected chi connectivity index (χ3v) is 3.55. The number of benzene rings is 2. The molecular weight excluding hydrogens is 286 g/mol. The maximum Gasteiger partial charge on any atom is 0.219 e. The van der Waals surface area contributed by atoms with Gasteiger partial charge in [0.2, 0.25) is 5.88 Å². The van der Waals surface area contributed by atoms with Gasteiger partial charge in [-0.2, -0.15) is 0 Å². The van der Waals surface area contributed by atoms with E-state index in [1.165, 1.54) is 0 Å². The molecule has 0 aliphatic rings. The normalized spacial score (nSPS) is 10.8. The fourth-order valence-electron chi connectivity index (χ4n) is 2.29. The highest BCUT2D eigenvalue weighted by Gasteiger charge is 2.08. The lowest BCUT2D eigenvalue weighted by molar-refractivity contribution is 0.281. The number of pyridine rings is 1. The van der Waals surface area contributed by atoms with Crippen LogP contribution in [0.2, 0.25) is 5.02 Å². The Morgan fingerprint density at radius 3 is 2.62 bits per heavy atom. The molecule has 0 radical (unpaired) electrons. The van der Waals surface area contributed by atoms with E-state index in [1.807, 2.05) is 49.4 Å². The topological polar surface area (TPSA) is 42.4 Å². The molecule has 1 heterocycles. The molecule has 0 aliphatic heterocycles. The predicted octanol–water partition coefficient (Wildman–Crippen LogP) is 4.48. The summed E-state index contributed by atoms with van der Waals surface area (Å²) >= 11 is 6.20. The largest absolute Gasteiger partial charge is 0.438 e. The minimum absolute atomic E-state index is 0.0406. The van der Waals surface area contributed by atoms with Gasteiger partial charge in [-0.1, -0.05) is 35.9 Å². The fourth-order valence-corrected chi connectivity index (χ4v) is 2.51. The maximum absolute atomic E-state index is 9.26. The third kappa shape index (κ3) is 2.84.